The van der Waals surface area contributed by atoms with E-state index in [1.807, 2.05) is 0 Å². The van der Waals surface area contributed by atoms with Crippen molar-refractivity contribution in [2.45, 2.75) is 44.8 Å². The summed E-state index contributed by atoms with van der Waals surface area (Å²) in [4.78, 5) is 10.1. The van der Waals surface area contributed by atoms with Gasteiger partial charge in [0.1, 0.15) is 6.10 Å². The minimum absolute atomic E-state index is 0.0585. The quantitative estimate of drug-likeness (QED) is 0.331. The first-order valence-electron chi connectivity index (χ1n) is 3.99. The second kappa shape index (κ2) is 3.71. The fraction of sp³-hybridized carbons (Fsp3) is 0.875. The Hall–Kier alpha value is -0.370. The molecule has 1 fully saturated rings. The fourth-order valence-electron chi connectivity index (χ4n) is 1.10. The van der Waals surface area contributed by atoms with Crippen LogP contribution in [0.25, 0.3) is 0 Å². The monoisotopic (exact) mass is 142 g/mol. The van der Waals surface area contributed by atoms with E-state index in [1.54, 1.807) is 0 Å². The predicted molar refractivity (Wildman–Crippen MR) is 38.9 cm³/mol. The van der Waals surface area contributed by atoms with E-state index in [2.05, 4.69) is 6.92 Å². The largest absolute Gasteiger partial charge is 0.362 e. The smallest absolute Gasteiger partial charge is 0.151 e. The molecule has 2 heteroatoms. The van der Waals surface area contributed by atoms with Crippen LogP contribution in [-0.2, 0) is 9.53 Å². The molecule has 0 radical (unpaired) electrons. The van der Waals surface area contributed by atoms with Crippen LogP contribution in [0.1, 0.15) is 32.6 Å². The summed E-state index contributed by atoms with van der Waals surface area (Å²) in [5, 5.41) is 0. The normalized spacial score (nSPS) is 30.1. The molecule has 2 atom stereocenters. The van der Waals surface area contributed by atoms with Crippen molar-refractivity contribution in [3.05, 3.63) is 0 Å². The van der Waals surface area contributed by atoms with Crippen LogP contribution in [0.2, 0.25) is 0 Å². The SMILES string of the molecule is CCCCC[C@@H]1O[C@H]1C=O. The molecule has 0 bridgehead atoms. The molecular formula is C8H14O2. The van der Waals surface area contributed by atoms with Gasteiger partial charge in [-0.3, -0.25) is 0 Å². The van der Waals surface area contributed by atoms with Gasteiger partial charge < -0.3 is 9.53 Å². The zero-order valence-corrected chi connectivity index (χ0v) is 6.38. The Balaban J connectivity index is 1.91. The van der Waals surface area contributed by atoms with E-state index in [0.29, 0.717) is 0 Å². The molecule has 0 saturated carbocycles. The number of rotatable bonds is 5. The number of ether oxygens (including phenoxy) is 1. The second-order valence-electron chi connectivity index (χ2n) is 2.77. The van der Waals surface area contributed by atoms with Crippen molar-refractivity contribution in [3.8, 4) is 0 Å². The van der Waals surface area contributed by atoms with E-state index in [-0.39, 0.29) is 12.2 Å². The summed E-state index contributed by atoms with van der Waals surface area (Å²) in [5.41, 5.74) is 0. The summed E-state index contributed by atoms with van der Waals surface area (Å²) in [6.07, 6.45) is 5.87. The number of hydrogen-bond acceptors (Lipinski definition) is 2. The van der Waals surface area contributed by atoms with Crippen molar-refractivity contribution < 1.29 is 9.53 Å². The highest BCUT2D eigenvalue weighted by Crippen LogP contribution is 2.25. The lowest BCUT2D eigenvalue weighted by Gasteiger charge is -1.91. The number of carbonyl (C=O) groups is 1. The minimum atomic E-state index is -0.0585. The van der Waals surface area contributed by atoms with E-state index >= 15 is 0 Å². The first-order valence-corrected chi connectivity index (χ1v) is 3.99. The Bertz CT molecular complexity index is 112. The average molecular weight is 142 g/mol. The van der Waals surface area contributed by atoms with Gasteiger partial charge in [-0.15, -0.1) is 0 Å². The average Bonchev–Trinajstić information content (AvgIpc) is 2.68. The molecule has 0 aromatic carbocycles. The van der Waals surface area contributed by atoms with Crippen molar-refractivity contribution >= 4 is 6.29 Å². The molecule has 0 aromatic heterocycles. The van der Waals surface area contributed by atoms with Gasteiger partial charge in [-0.2, -0.15) is 0 Å². The first kappa shape index (κ1) is 7.73. The van der Waals surface area contributed by atoms with E-state index in [9.17, 15) is 4.79 Å². The lowest BCUT2D eigenvalue weighted by atomic mass is 10.1. The van der Waals surface area contributed by atoms with Crippen molar-refractivity contribution in [1.82, 2.24) is 0 Å². The van der Waals surface area contributed by atoms with E-state index in [4.69, 9.17) is 4.74 Å². The van der Waals surface area contributed by atoms with Crippen LogP contribution >= 0.6 is 0 Å². The number of epoxide rings is 1. The molecule has 0 amide bonds. The van der Waals surface area contributed by atoms with Gasteiger partial charge in [0.15, 0.2) is 6.29 Å². The maximum absolute atomic E-state index is 10.1. The molecule has 0 aromatic rings. The van der Waals surface area contributed by atoms with Gasteiger partial charge in [0.05, 0.1) is 6.10 Å². The lowest BCUT2D eigenvalue weighted by molar-refractivity contribution is -0.108. The number of unbranched alkanes of at least 4 members (excludes halogenated alkanes) is 2. The Labute approximate surface area is 61.6 Å². The molecule has 1 rings (SSSR count). The highest BCUT2D eigenvalue weighted by Gasteiger charge is 2.37. The molecule has 1 saturated heterocycles. The maximum atomic E-state index is 10.1. The summed E-state index contributed by atoms with van der Waals surface area (Å²) in [6.45, 7) is 2.17. The molecule has 0 spiro atoms. The van der Waals surface area contributed by atoms with Crippen LogP contribution < -0.4 is 0 Å². The van der Waals surface area contributed by atoms with Crippen LogP contribution in [0.15, 0.2) is 0 Å². The maximum Gasteiger partial charge on any atom is 0.151 e. The molecule has 2 nitrogen and oxygen atoms in total. The fourth-order valence-corrected chi connectivity index (χ4v) is 1.10. The lowest BCUT2D eigenvalue weighted by Crippen LogP contribution is -1.93. The van der Waals surface area contributed by atoms with E-state index in [0.717, 1.165) is 12.7 Å². The van der Waals surface area contributed by atoms with Gasteiger partial charge >= 0.3 is 0 Å². The standard InChI is InChI=1S/C8H14O2/c1-2-3-4-5-7-8(6-9)10-7/h6-8H,2-5H2,1H3/t7-,8-/m0/s1. The highest BCUT2D eigenvalue weighted by atomic mass is 16.6. The third-order valence-corrected chi connectivity index (χ3v) is 1.85. The minimum Gasteiger partial charge on any atom is -0.362 e. The summed E-state index contributed by atoms with van der Waals surface area (Å²) >= 11 is 0. The molecule has 0 unspecified atom stereocenters. The number of aldehydes is 1. The molecule has 0 N–H and O–H groups in total. The van der Waals surface area contributed by atoms with E-state index in [1.165, 1.54) is 19.3 Å². The summed E-state index contributed by atoms with van der Waals surface area (Å²) in [6, 6.07) is 0. The summed E-state index contributed by atoms with van der Waals surface area (Å²) < 4.78 is 5.04. The molecule has 1 aliphatic rings. The summed E-state index contributed by atoms with van der Waals surface area (Å²) in [5.74, 6) is 0. The Morgan fingerprint density at radius 2 is 2.30 bits per heavy atom. The molecule has 1 heterocycles. The molecular weight excluding hydrogens is 128 g/mol. The van der Waals surface area contributed by atoms with Crippen LogP contribution in [0, 0.1) is 0 Å². The highest BCUT2D eigenvalue weighted by molar-refractivity contribution is 5.60. The Kier molecular flexibility index (Phi) is 2.87. The first-order chi connectivity index (χ1) is 4.88. The third-order valence-electron chi connectivity index (χ3n) is 1.85. The van der Waals surface area contributed by atoms with Crippen LogP contribution in [0.4, 0.5) is 0 Å². The van der Waals surface area contributed by atoms with Crippen LogP contribution in [0.3, 0.4) is 0 Å². The van der Waals surface area contributed by atoms with Crippen molar-refractivity contribution in [2.75, 3.05) is 0 Å². The number of carbonyl (C=O) groups excluding carboxylic acids is 1. The van der Waals surface area contributed by atoms with Crippen LogP contribution in [0.5, 0.6) is 0 Å². The van der Waals surface area contributed by atoms with Gasteiger partial charge in [0.2, 0.25) is 0 Å². The third kappa shape index (κ3) is 2.10. The van der Waals surface area contributed by atoms with Crippen molar-refractivity contribution in [2.24, 2.45) is 0 Å². The van der Waals surface area contributed by atoms with Gasteiger partial charge in [0.25, 0.3) is 0 Å². The van der Waals surface area contributed by atoms with E-state index < -0.39 is 0 Å². The van der Waals surface area contributed by atoms with Gasteiger partial charge in [-0.1, -0.05) is 26.2 Å². The molecule has 58 valence electrons. The Morgan fingerprint density at radius 3 is 2.80 bits per heavy atom. The second-order valence-corrected chi connectivity index (χ2v) is 2.77. The van der Waals surface area contributed by atoms with Gasteiger partial charge in [0, 0.05) is 0 Å². The zero-order chi connectivity index (χ0) is 7.40. The predicted octanol–water partition coefficient (Wildman–Crippen LogP) is 1.53. The summed E-state index contributed by atoms with van der Waals surface area (Å²) in [7, 11) is 0. The van der Waals surface area contributed by atoms with Gasteiger partial charge in [-0.05, 0) is 6.42 Å². The van der Waals surface area contributed by atoms with Crippen molar-refractivity contribution in [3.63, 3.8) is 0 Å². The molecule has 1 aliphatic heterocycles. The molecule has 10 heavy (non-hydrogen) atoms. The topological polar surface area (TPSA) is 29.6 Å². The number of hydrogen-bond donors (Lipinski definition) is 0. The molecule has 0 aliphatic carbocycles. The van der Waals surface area contributed by atoms with Crippen LogP contribution in [-0.4, -0.2) is 18.5 Å². The van der Waals surface area contributed by atoms with Gasteiger partial charge in [-0.25, -0.2) is 0 Å². The zero-order valence-electron chi connectivity index (χ0n) is 6.38. The Morgan fingerprint density at radius 1 is 1.50 bits per heavy atom. The van der Waals surface area contributed by atoms with Crippen molar-refractivity contribution in [1.29, 1.82) is 0 Å².